The third-order valence-corrected chi connectivity index (χ3v) is 5.12. The minimum atomic E-state index is -4.89. The first-order chi connectivity index (χ1) is 15.9. The van der Waals surface area contributed by atoms with Crippen molar-refractivity contribution in [2.75, 3.05) is 5.32 Å². The molecule has 0 bridgehead atoms. The second-order valence-electron chi connectivity index (χ2n) is 7.97. The zero-order chi connectivity index (χ0) is 25.1. The van der Waals surface area contributed by atoms with E-state index in [1.807, 2.05) is 30.3 Å². The molecule has 0 aliphatic carbocycles. The van der Waals surface area contributed by atoms with Crippen molar-refractivity contribution in [3.63, 3.8) is 0 Å². The van der Waals surface area contributed by atoms with Gasteiger partial charge in [0.15, 0.2) is 5.78 Å². The number of carbonyl (C=O) groups excluding carboxylic acids is 2. The molecule has 34 heavy (non-hydrogen) atoms. The van der Waals surface area contributed by atoms with Gasteiger partial charge in [-0.25, -0.2) is 0 Å². The van der Waals surface area contributed by atoms with Crippen LogP contribution >= 0.6 is 0 Å². The Morgan fingerprint density at radius 2 is 1.50 bits per heavy atom. The van der Waals surface area contributed by atoms with Crippen LogP contribution in [0.25, 0.3) is 11.1 Å². The third kappa shape index (κ3) is 5.68. The normalized spacial score (nSPS) is 13.1. The number of hydrogen-bond acceptors (Lipinski definition) is 4. The molecule has 0 unspecified atom stereocenters. The first-order valence-electron chi connectivity index (χ1n) is 10.1. The van der Waals surface area contributed by atoms with Crippen LogP contribution in [0.3, 0.4) is 0 Å². The van der Waals surface area contributed by atoms with E-state index in [-0.39, 0.29) is 11.3 Å². The second-order valence-corrected chi connectivity index (χ2v) is 7.97. The molecule has 0 spiro atoms. The Kier molecular flexibility index (Phi) is 6.88. The summed E-state index contributed by atoms with van der Waals surface area (Å²) in [6, 6.07) is 18.2. The molecule has 1 atom stereocenters. The van der Waals surface area contributed by atoms with E-state index in [0.717, 1.165) is 30.2 Å². The molecule has 0 aliphatic rings. The van der Waals surface area contributed by atoms with E-state index in [1.54, 1.807) is 12.1 Å². The lowest BCUT2D eigenvalue weighted by Crippen LogP contribution is -2.50. The van der Waals surface area contributed by atoms with Crippen LogP contribution in [0, 0.1) is 0 Å². The van der Waals surface area contributed by atoms with Gasteiger partial charge in [-0.1, -0.05) is 54.6 Å². The molecule has 0 aromatic heterocycles. The average molecular weight is 470 g/mol. The molecule has 3 rings (SSSR count). The molecule has 0 saturated carbocycles. The van der Waals surface area contributed by atoms with Crippen LogP contribution in [0.1, 0.15) is 34.8 Å². The van der Waals surface area contributed by atoms with Gasteiger partial charge in [0.1, 0.15) is 5.54 Å². The number of carboxylic acids is 1. The Morgan fingerprint density at radius 3 is 2.06 bits per heavy atom. The number of ketones is 1. The van der Waals surface area contributed by atoms with Gasteiger partial charge < -0.3 is 16.2 Å². The highest BCUT2D eigenvalue weighted by Crippen LogP contribution is 2.35. The fraction of sp³-hybridized carbons (Fsp3) is 0.160. The van der Waals surface area contributed by atoms with E-state index in [1.165, 1.54) is 12.1 Å². The molecule has 0 heterocycles. The number of hydrogen-bond donors (Lipinski definition) is 3. The van der Waals surface area contributed by atoms with Gasteiger partial charge in [0.2, 0.25) is 5.91 Å². The largest absolute Gasteiger partial charge is 0.481 e. The van der Waals surface area contributed by atoms with Gasteiger partial charge in [0.05, 0.1) is 12.0 Å². The lowest BCUT2D eigenvalue weighted by Gasteiger charge is -2.22. The molecular weight excluding hydrogens is 449 g/mol. The smallest absolute Gasteiger partial charge is 0.417 e. The predicted molar refractivity (Wildman–Crippen MR) is 120 cm³/mol. The van der Waals surface area contributed by atoms with Crippen LogP contribution in [0.15, 0.2) is 72.8 Å². The van der Waals surface area contributed by atoms with Gasteiger partial charge in [-0.15, -0.1) is 0 Å². The summed E-state index contributed by atoms with van der Waals surface area (Å²) in [6.45, 7) is 1.15. The minimum Gasteiger partial charge on any atom is -0.481 e. The molecule has 0 radical (unpaired) electrons. The number of rotatable bonds is 7. The van der Waals surface area contributed by atoms with Crippen LogP contribution in [0.5, 0.6) is 0 Å². The Labute approximate surface area is 193 Å². The van der Waals surface area contributed by atoms with E-state index in [2.05, 4.69) is 5.32 Å². The first-order valence-corrected chi connectivity index (χ1v) is 10.1. The van der Waals surface area contributed by atoms with Crippen LogP contribution < -0.4 is 11.1 Å². The van der Waals surface area contributed by atoms with Crippen molar-refractivity contribution in [3.05, 3.63) is 89.5 Å². The second kappa shape index (κ2) is 9.48. The van der Waals surface area contributed by atoms with Gasteiger partial charge in [0.25, 0.3) is 0 Å². The number of nitrogens with two attached hydrogens (primary N) is 1. The topological polar surface area (TPSA) is 109 Å². The molecule has 4 N–H and O–H groups in total. The van der Waals surface area contributed by atoms with Gasteiger partial charge >= 0.3 is 12.1 Å². The predicted octanol–water partition coefficient (Wildman–Crippen LogP) is 4.73. The van der Waals surface area contributed by atoms with Crippen LogP contribution in [-0.2, 0) is 15.8 Å². The molecule has 3 aromatic carbocycles. The van der Waals surface area contributed by atoms with E-state index in [0.29, 0.717) is 6.07 Å². The Balaban J connectivity index is 1.90. The number of halogens is 3. The molecule has 176 valence electrons. The van der Waals surface area contributed by atoms with E-state index in [9.17, 15) is 27.6 Å². The summed E-state index contributed by atoms with van der Waals surface area (Å²) in [5.74, 6) is -3.15. The number of anilines is 1. The van der Waals surface area contributed by atoms with Crippen molar-refractivity contribution >= 4 is 23.3 Å². The molecule has 0 saturated heterocycles. The standard InChI is InChI=1S/C25H21F3N2O4/c1-24(29,14-21(31)32)23(34)30-18-11-12-19(20(13-18)25(26,27)28)22(33)17-9-7-16(8-10-17)15-5-3-2-4-6-15/h2-13H,14,29H2,1H3,(H,30,34)(H,31,32)/t24-/m0/s1. The highest BCUT2D eigenvalue weighted by molar-refractivity contribution is 6.10. The Hall–Kier alpha value is -3.98. The Morgan fingerprint density at radius 1 is 0.912 bits per heavy atom. The summed E-state index contributed by atoms with van der Waals surface area (Å²) in [5, 5.41) is 11.0. The fourth-order valence-corrected chi connectivity index (χ4v) is 3.32. The highest BCUT2D eigenvalue weighted by Gasteiger charge is 2.37. The molecule has 6 nitrogen and oxygen atoms in total. The maximum Gasteiger partial charge on any atom is 0.417 e. The maximum atomic E-state index is 13.8. The summed E-state index contributed by atoms with van der Waals surface area (Å²) in [5.41, 5.74) is 3.50. The summed E-state index contributed by atoms with van der Waals surface area (Å²) in [4.78, 5) is 36.0. The number of amides is 1. The number of aliphatic carboxylic acids is 1. The molecular formula is C25H21F3N2O4. The molecule has 0 fully saturated rings. The van der Waals surface area contributed by atoms with Crippen molar-refractivity contribution < 1.29 is 32.7 Å². The van der Waals surface area contributed by atoms with Crippen molar-refractivity contribution in [3.8, 4) is 11.1 Å². The molecule has 9 heteroatoms. The van der Waals surface area contributed by atoms with E-state index < -0.39 is 46.9 Å². The first kappa shape index (κ1) is 24.7. The van der Waals surface area contributed by atoms with Crippen molar-refractivity contribution in [1.29, 1.82) is 0 Å². The summed E-state index contributed by atoms with van der Waals surface area (Å²) < 4.78 is 41.3. The summed E-state index contributed by atoms with van der Waals surface area (Å²) >= 11 is 0. The van der Waals surface area contributed by atoms with Crippen LogP contribution in [0.4, 0.5) is 18.9 Å². The number of nitrogens with one attached hydrogen (secondary N) is 1. The van der Waals surface area contributed by atoms with Gasteiger partial charge in [-0.05, 0) is 36.2 Å². The monoisotopic (exact) mass is 470 g/mol. The van der Waals surface area contributed by atoms with Crippen LogP contribution in [0.2, 0.25) is 0 Å². The van der Waals surface area contributed by atoms with Gasteiger partial charge in [-0.3, -0.25) is 14.4 Å². The number of benzene rings is 3. The zero-order valence-electron chi connectivity index (χ0n) is 18.0. The summed E-state index contributed by atoms with van der Waals surface area (Å²) in [7, 11) is 0. The number of alkyl halides is 3. The molecule has 0 aliphatic heterocycles. The maximum absolute atomic E-state index is 13.8. The third-order valence-electron chi connectivity index (χ3n) is 5.12. The van der Waals surface area contributed by atoms with Crippen molar-refractivity contribution in [2.24, 2.45) is 5.73 Å². The lowest BCUT2D eigenvalue weighted by atomic mass is 9.95. The van der Waals surface area contributed by atoms with E-state index in [4.69, 9.17) is 10.8 Å². The lowest BCUT2D eigenvalue weighted by molar-refractivity contribution is -0.140. The van der Waals surface area contributed by atoms with Gasteiger partial charge in [0, 0.05) is 16.8 Å². The van der Waals surface area contributed by atoms with Crippen LogP contribution in [-0.4, -0.2) is 28.3 Å². The number of carboxylic acid groups (broad SMARTS) is 1. The summed E-state index contributed by atoms with van der Waals surface area (Å²) in [6.07, 6.45) is -5.61. The van der Waals surface area contributed by atoms with Gasteiger partial charge in [-0.2, -0.15) is 13.2 Å². The quantitative estimate of drug-likeness (QED) is 0.433. The van der Waals surface area contributed by atoms with E-state index >= 15 is 0 Å². The van der Waals surface area contributed by atoms with Crippen molar-refractivity contribution in [1.82, 2.24) is 0 Å². The fourth-order valence-electron chi connectivity index (χ4n) is 3.32. The zero-order valence-corrected chi connectivity index (χ0v) is 18.0. The average Bonchev–Trinajstić information content (AvgIpc) is 2.78. The Bertz CT molecular complexity index is 1220. The molecule has 1 amide bonds. The number of carbonyl (C=O) groups is 3. The SMILES string of the molecule is C[C@](N)(CC(=O)O)C(=O)Nc1ccc(C(=O)c2ccc(-c3ccccc3)cc2)c(C(F)(F)F)c1. The minimum absolute atomic E-state index is 0.0676. The van der Waals surface area contributed by atoms with Crippen molar-refractivity contribution in [2.45, 2.75) is 25.1 Å². The highest BCUT2D eigenvalue weighted by atomic mass is 19.4. The molecule has 3 aromatic rings.